The molecule has 1 aromatic heterocycles. The highest BCUT2D eigenvalue weighted by Gasteiger charge is 2.13. The third-order valence-electron chi connectivity index (χ3n) is 2.73. The van der Waals surface area contributed by atoms with Crippen LogP contribution in [0.4, 0.5) is 4.39 Å². The van der Waals surface area contributed by atoms with Crippen LogP contribution in [0, 0.1) is 24.1 Å². The molecule has 0 saturated heterocycles. The van der Waals surface area contributed by atoms with Crippen molar-refractivity contribution in [1.82, 2.24) is 4.57 Å². The fourth-order valence-electron chi connectivity index (χ4n) is 1.85. The fraction of sp³-hybridized carbons (Fsp3) is 0.167. The normalized spacial score (nSPS) is 10.4. The Balaban J connectivity index is 3.16. The van der Waals surface area contributed by atoms with E-state index in [1.54, 1.807) is 19.1 Å². The first-order valence-corrected chi connectivity index (χ1v) is 4.76. The highest BCUT2D eigenvalue weighted by molar-refractivity contribution is 5.84. The van der Waals surface area contributed by atoms with Gasteiger partial charge in [0.2, 0.25) is 0 Å². The molecule has 2 rings (SSSR count). The van der Waals surface area contributed by atoms with E-state index in [1.165, 1.54) is 17.7 Å². The summed E-state index contributed by atoms with van der Waals surface area (Å²) in [5.41, 5.74) is 0.377. The molecule has 16 heavy (non-hydrogen) atoms. The number of aryl methyl sites for hydroxylation is 2. The lowest BCUT2D eigenvalue weighted by molar-refractivity contribution is 0.629. The van der Waals surface area contributed by atoms with Crippen molar-refractivity contribution in [3.05, 3.63) is 45.5 Å². The maximum Gasteiger partial charge on any atom is 0.269 e. The summed E-state index contributed by atoms with van der Waals surface area (Å²) in [5.74, 6) is -0.454. The Hall–Kier alpha value is -2.15. The number of fused-ring (bicyclic) bond motifs is 1. The van der Waals surface area contributed by atoms with E-state index < -0.39 is 11.4 Å². The molecule has 0 aliphatic rings. The average Bonchev–Trinajstić information content (AvgIpc) is 2.27. The number of rotatable bonds is 0. The summed E-state index contributed by atoms with van der Waals surface area (Å²) in [4.78, 5) is 11.8. The van der Waals surface area contributed by atoms with Crippen molar-refractivity contribution in [3.63, 3.8) is 0 Å². The molecule has 2 aromatic rings. The molecule has 0 aliphatic heterocycles. The number of para-hydroxylation sites is 1. The Bertz CT molecular complexity index is 680. The Morgan fingerprint density at radius 1 is 1.44 bits per heavy atom. The Labute approximate surface area is 91.4 Å². The van der Waals surface area contributed by atoms with E-state index in [2.05, 4.69) is 0 Å². The van der Waals surface area contributed by atoms with Crippen LogP contribution in [-0.2, 0) is 7.05 Å². The molecule has 0 bridgehead atoms. The monoisotopic (exact) mass is 216 g/mol. The predicted octanol–water partition coefficient (Wildman–Crippen LogP) is 1.86. The first kappa shape index (κ1) is 10.4. The minimum Gasteiger partial charge on any atom is -0.308 e. The van der Waals surface area contributed by atoms with Crippen LogP contribution >= 0.6 is 0 Å². The third kappa shape index (κ3) is 1.22. The molecule has 0 saturated carbocycles. The van der Waals surface area contributed by atoms with Gasteiger partial charge in [0.1, 0.15) is 17.4 Å². The molecule has 1 aromatic carbocycles. The van der Waals surface area contributed by atoms with Gasteiger partial charge in [-0.15, -0.1) is 0 Å². The quantitative estimate of drug-likeness (QED) is 0.674. The summed E-state index contributed by atoms with van der Waals surface area (Å²) in [5, 5.41) is 9.49. The molecule has 0 N–H and O–H groups in total. The largest absolute Gasteiger partial charge is 0.308 e. The standard InChI is InChI=1S/C12H9FN2O/c1-7-8-4-3-5-10(13)11(8)15(2)12(16)9(7)6-14/h3-5H,1-2H3. The first-order valence-electron chi connectivity index (χ1n) is 4.76. The summed E-state index contributed by atoms with van der Waals surface area (Å²) in [6, 6.07) is 6.43. The summed E-state index contributed by atoms with van der Waals surface area (Å²) >= 11 is 0. The predicted molar refractivity (Wildman–Crippen MR) is 58.6 cm³/mol. The summed E-state index contributed by atoms with van der Waals surface area (Å²) < 4.78 is 14.8. The van der Waals surface area contributed by atoms with Crippen LogP contribution in [0.1, 0.15) is 11.1 Å². The van der Waals surface area contributed by atoms with Gasteiger partial charge < -0.3 is 4.57 Å². The van der Waals surface area contributed by atoms with Gasteiger partial charge in [-0.05, 0) is 18.6 Å². The van der Waals surface area contributed by atoms with E-state index in [4.69, 9.17) is 5.26 Å². The molecule has 0 unspecified atom stereocenters. The summed E-state index contributed by atoms with van der Waals surface area (Å²) in [6.07, 6.45) is 0. The lowest BCUT2D eigenvalue weighted by Gasteiger charge is -2.09. The molecule has 0 atom stereocenters. The molecule has 0 spiro atoms. The van der Waals surface area contributed by atoms with E-state index in [0.29, 0.717) is 10.9 Å². The Morgan fingerprint density at radius 3 is 2.75 bits per heavy atom. The highest BCUT2D eigenvalue weighted by Crippen LogP contribution is 2.20. The van der Waals surface area contributed by atoms with Crippen LogP contribution in [0.25, 0.3) is 10.9 Å². The molecule has 4 heteroatoms. The molecule has 0 fully saturated rings. The smallest absolute Gasteiger partial charge is 0.269 e. The maximum absolute atomic E-state index is 13.6. The molecular formula is C12H9FN2O. The molecular weight excluding hydrogens is 207 g/mol. The first-order chi connectivity index (χ1) is 7.57. The van der Waals surface area contributed by atoms with Gasteiger partial charge in [0, 0.05) is 12.4 Å². The van der Waals surface area contributed by atoms with Crippen LogP contribution in [0.15, 0.2) is 23.0 Å². The second-order valence-corrected chi connectivity index (χ2v) is 3.61. The van der Waals surface area contributed by atoms with Crippen molar-refractivity contribution in [2.75, 3.05) is 0 Å². The molecule has 0 radical (unpaired) electrons. The molecule has 0 amide bonds. The fourth-order valence-corrected chi connectivity index (χ4v) is 1.85. The lowest BCUT2D eigenvalue weighted by atomic mass is 10.0. The zero-order valence-electron chi connectivity index (χ0n) is 8.91. The number of hydrogen-bond acceptors (Lipinski definition) is 2. The SMILES string of the molecule is Cc1c(C#N)c(=O)n(C)c2c(F)cccc12. The van der Waals surface area contributed by atoms with Crippen LogP contribution in [0.2, 0.25) is 0 Å². The third-order valence-corrected chi connectivity index (χ3v) is 2.73. The average molecular weight is 216 g/mol. The van der Waals surface area contributed by atoms with Gasteiger partial charge in [-0.1, -0.05) is 12.1 Å². The van der Waals surface area contributed by atoms with Gasteiger partial charge in [0.15, 0.2) is 0 Å². The van der Waals surface area contributed by atoms with E-state index in [9.17, 15) is 9.18 Å². The van der Waals surface area contributed by atoms with Crippen molar-refractivity contribution in [1.29, 1.82) is 5.26 Å². The second-order valence-electron chi connectivity index (χ2n) is 3.61. The van der Waals surface area contributed by atoms with Crippen molar-refractivity contribution >= 4 is 10.9 Å². The van der Waals surface area contributed by atoms with Crippen molar-refractivity contribution in [2.45, 2.75) is 6.92 Å². The maximum atomic E-state index is 13.6. The number of nitriles is 1. The van der Waals surface area contributed by atoms with Gasteiger partial charge in [-0.3, -0.25) is 4.79 Å². The number of pyridine rings is 1. The molecule has 1 heterocycles. The van der Waals surface area contributed by atoms with E-state index in [1.807, 2.05) is 6.07 Å². The van der Waals surface area contributed by atoms with Crippen LogP contribution in [-0.4, -0.2) is 4.57 Å². The molecule has 80 valence electrons. The number of aromatic nitrogens is 1. The van der Waals surface area contributed by atoms with Gasteiger partial charge in [0.25, 0.3) is 5.56 Å². The topological polar surface area (TPSA) is 45.8 Å². The van der Waals surface area contributed by atoms with E-state index in [-0.39, 0.29) is 11.1 Å². The summed E-state index contributed by atoms with van der Waals surface area (Å²) in [6.45, 7) is 1.65. The van der Waals surface area contributed by atoms with Crippen LogP contribution < -0.4 is 5.56 Å². The zero-order chi connectivity index (χ0) is 11.9. The van der Waals surface area contributed by atoms with Crippen molar-refractivity contribution < 1.29 is 4.39 Å². The molecule has 3 nitrogen and oxygen atoms in total. The minimum absolute atomic E-state index is 0.0700. The van der Waals surface area contributed by atoms with Gasteiger partial charge in [-0.25, -0.2) is 4.39 Å². The van der Waals surface area contributed by atoms with Gasteiger partial charge in [0.05, 0.1) is 5.52 Å². The zero-order valence-corrected chi connectivity index (χ0v) is 8.91. The molecule has 0 aliphatic carbocycles. The lowest BCUT2D eigenvalue weighted by Crippen LogP contribution is -2.22. The van der Waals surface area contributed by atoms with Crippen molar-refractivity contribution in [2.24, 2.45) is 7.05 Å². The van der Waals surface area contributed by atoms with E-state index in [0.717, 1.165) is 0 Å². The number of halogens is 1. The van der Waals surface area contributed by atoms with E-state index >= 15 is 0 Å². The van der Waals surface area contributed by atoms with Gasteiger partial charge in [-0.2, -0.15) is 5.26 Å². The highest BCUT2D eigenvalue weighted by atomic mass is 19.1. The number of benzene rings is 1. The van der Waals surface area contributed by atoms with Crippen LogP contribution in [0.3, 0.4) is 0 Å². The van der Waals surface area contributed by atoms with Crippen molar-refractivity contribution in [3.8, 4) is 6.07 Å². The number of hydrogen-bond donors (Lipinski definition) is 0. The number of nitrogens with zero attached hydrogens (tertiary/aromatic N) is 2. The van der Waals surface area contributed by atoms with Gasteiger partial charge >= 0.3 is 0 Å². The minimum atomic E-state index is -0.461. The summed E-state index contributed by atoms with van der Waals surface area (Å²) in [7, 11) is 1.47. The Morgan fingerprint density at radius 2 is 2.12 bits per heavy atom. The Kier molecular flexibility index (Phi) is 2.24. The second kappa shape index (κ2) is 3.46. The van der Waals surface area contributed by atoms with Crippen LogP contribution in [0.5, 0.6) is 0 Å².